The number of ether oxygens (including phenoxy) is 2. The van der Waals surface area contributed by atoms with Gasteiger partial charge in [0.25, 0.3) is 0 Å². The predicted molar refractivity (Wildman–Crippen MR) is 96.1 cm³/mol. The maximum Gasteiger partial charge on any atom is 0.175 e. The molecule has 0 aliphatic rings. The highest BCUT2D eigenvalue weighted by molar-refractivity contribution is 9.10. The Morgan fingerprint density at radius 2 is 1.83 bits per heavy atom. The van der Waals surface area contributed by atoms with E-state index in [0.717, 1.165) is 28.7 Å². The lowest BCUT2D eigenvalue weighted by atomic mass is 10.2. The van der Waals surface area contributed by atoms with Crippen LogP contribution in [0.5, 0.6) is 11.5 Å². The average Bonchev–Trinajstić information content (AvgIpc) is 2.53. The lowest BCUT2D eigenvalue weighted by molar-refractivity contribution is 0.282. The van der Waals surface area contributed by atoms with E-state index in [0.29, 0.717) is 18.1 Å². The molecule has 2 aromatic rings. The Hall–Kier alpha value is -1.30. The standard InChI is InChI=1S/C17H19BrFNO2.ClH/c1-3-20-10-13-8-15(18)17(16(9-13)21-2)22-11-12-4-6-14(19)7-5-12;/h4-9,20H,3,10-11H2,1-2H3;1H. The molecule has 126 valence electrons. The maximum atomic E-state index is 12.9. The number of nitrogens with one attached hydrogen (secondary N) is 1. The van der Waals surface area contributed by atoms with Gasteiger partial charge in [-0.05, 0) is 57.9 Å². The summed E-state index contributed by atoms with van der Waals surface area (Å²) in [4.78, 5) is 0. The minimum atomic E-state index is -0.254. The Bertz CT molecular complexity index is 623. The van der Waals surface area contributed by atoms with Crippen molar-refractivity contribution >= 4 is 28.3 Å². The van der Waals surface area contributed by atoms with E-state index in [1.807, 2.05) is 12.1 Å². The first-order valence-corrected chi connectivity index (χ1v) is 7.87. The van der Waals surface area contributed by atoms with Crippen LogP contribution in [0.1, 0.15) is 18.1 Å². The van der Waals surface area contributed by atoms with Crippen LogP contribution in [-0.2, 0) is 13.2 Å². The van der Waals surface area contributed by atoms with Crippen molar-refractivity contribution < 1.29 is 13.9 Å². The van der Waals surface area contributed by atoms with Gasteiger partial charge in [0.2, 0.25) is 0 Å². The highest BCUT2D eigenvalue weighted by Gasteiger charge is 2.12. The van der Waals surface area contributed by atoms with E-state index in [1.165, 1.54) is 12.1 Å². The van der Waals surface area contributed by atoms with Crippen molar-refractivity contribution in [2.75, 3.05) is 13.7 Å². The fraction of sp³-hybridized carbons (Fsp3) is 0.294. The van der Waals surface area contributed by atoms with Gasteiger partial charge < -0.3 is 14.8 Å². The quantitative estimate of drug-likeness (QED) is 0.725. The van der Waals surface area contributed by atoms with E-state index in [-0.39, 0.29) is 18.2 Å². The molecule has 0 spiro atoms. The van der Waals surface area contributed by atoms with Gasteiger partial charge in [-0.2, -0.15) is 0 Å². The summed E-state index contributed by atoms with van der Waals surface area (Å²) in [6.07, 6.45) is 0. The molecule has 3 nitrogen and oxygen atoms in total. The second-order valence-corrected chi connectivity index (χ2v) is 5.66. The molecule has 6 heteroatoms. The third-order valence-electron chi connectivity index (χ3n) is 3.16. The molecule has 0 bridgehead atoms. The summed E-state index contributed by atoms with van der Waals surface area (Å²) in [6, 6.07) is 10.2. The van der Waals surface area contributed by atoms with Crippen LogP contribution < -0.4 is 14.8 Å². The highest BCUT2D eigenvalue weighted by Crippen LogP contribution is 2.37. The van der Waals surface area contributed by atoms with Crippen molar-refractivity contribution in [1.29, 1.82) is 0 Å². The molecule has 0 heterocycles. The molecule has 0 atom stereocenters. The van der Waals surface area contributed by atoms with Gasteiger partial charge in [-0.1, -0.05) is 19.1 Å². The normalized spacial score (nSPS) is 10.1. The Morgan fingerprint density at radius 3 is 2.43 bits per heavy atom. The number of methoxy groups -OCH3 is 1. The van der Waals surface area contributed by atoms with Crippen molar-refractivity contribution in [1.82, 2.24) is 5.32 Å². The summed E-state index contributed by atoms with van der Waals surface area (Å²) in [6.45, 7) is 4.08. The first-order chi connectivity index (χ1) is 10.6. The molecule has 0 saturated carbocycles. The van der Waals surface area contributed by atoms with Gasteiger partial charge in [0.05, 0.1) is 11.6 Å². The monoisotopic (exact) mass is 403 g/mol. The lowest BCUT2D eigenvalue weighted by Crippen LogP contribution is -2.12. The molecular formula is C17H20BrClFNO2. The molecule has 0 radical (unpaired) electrons. The van der Waals surface area contributed by atoms with E-state index in [2.05, 4.69) is 28.2 Å². The third kappa shape index (κ3) is 5.68. The molecule has 2 rings (SSSR count). The van der Waals surface area contributed by atoms with Gasteiger partial charge >= 0.3 is 0 Å². The largest absolute Gasteiger partial charge is 0.493 e. The van der Waals surface area contributed by atoms with E-state index in [9.17, 15) is 4.39 Å². The zero-order chi connectivity index (χ0) is 15.9. The summed E-state index contributed by atoms with van der Waals surface area (Å²) < 4.78 is 25.0. The molecule has 0 amide bonds. The molecular weight excluding hydrogens is 385 g/mol. The zero-order valence-electron chi connectivity index (χ0n) is 13.1. The highest BCUT2D eigenvalue weighted by atomic mass is 79.9. The van der Waals surface area contributed by atoms with Crippen molar-refractivity contribution in [2.45, 2.75) is 20.1 Å². The number of rotatable bonds is 7. The van der Waals surface area contributed by atoms with Gasteiger partial charge in [0.1, 0.15) is 12.4 Å². The summed E-state index contributed by atoms with van der Waals surface area (Å²) in [7, 11) is 1.61. The van der Waals surface area contributed by atoms with Gasteiger partial charge in [-0.15, -0.1) is 12.4 Å². The Labute approximate surface area is 150 Å². The first kappa shape index (κ1) is 19.7. The average molecular weight is 405 g/mol. The van der Waals surface area contributed by atoms with Crippen LogP contribution >= 0.6 is 28.3 Å². The minimum Gasteiger partial charge on any atom is -0.493 e. The molecule has 0 aliphatic carbocycles. The number of hydrogen-bond acceptors (Lipinski definition) is 3. The first-order valence-electron chi connectivity index (χ1n) is 7.08. The van der Waals surface area contributed by atoms with E-state index >= 15 is 0 Å². The van der Waals surface area contributed by atoms with Crippen LogP contribution in [-0.4, -0.2) is 13.7 Å². The van der Waals surface area contributed by atoms with Crippen LogP contribution in [0.4, 0.5) is 4.39 Å². The number of benzene rings is 2. The van der Waals surface area contributed by atoms with Gasteiger partial charge in [-0.25, -0.2) is 4.39 Å². The van der Waals surface area contributed by atoms with Crippen LogP contribution in [0.25, 0.3) is 0 Å². The fourth-order valence-corrected chi connectivity index (χ4v) is 2.62. The number of hydrogen-bond donors (Lipinski definition) is 1. The zero-order valence-corrected chi connectivity index (χ0v) is 15.5. The SMILES string of the molecule is CCNCc1cc(Br)c(OCc2ccc(F)cc2)c(OC)c1.Cl. The molecule has 0 aromatic heterocycles. The molecule has 2 aromatic carbocycles. The van der Waals surface area contributed by atoms with Gasteiger partial charge in [0, 0.05) is 6.54 Å². The van der Waals surface area contributed by atoms with Crippen LogP contribution in [0.2, 0.25) is 0 Å². The van der Waals surface area contributed by atoms with Gasteiger partial charge in [0.15, 0.2) is 11.5 Å². The molecule has 1 N–H and O–H groups in total. The Kier molecular flexibility index (Phi) is 8.37. The Balaban J connectivity index is 0.00000264. The summed E-state index contributed by atoms with van der Waals surface area (Å²) >= 11 is 3.52. The van der Waals surface area contributed by atoms with Crippen molar-refractivity contribution in [3.8, 4) is 11.5 Å². The predicted octanol–water partition coefficient (Wildman–Crippen LogP) is 4.71. The summed E-state index contributed by atoms with van der Waals surface area (Å²) in [5.74, 6) is 1.06. The molecule has 0 unspecified atom stereocenters. The van der Waals surface area contributed by atoms with Crippen molar-refractivity contribution in [3.63, 3.8) is 0 Å². The number of halogens is 3. The van der Waals surface area contributed by atoms with Crippen LogP contribution in [0.15, 0.2) is 40.9 Å². The molecule has 0 aliphatic heterocycles. The fourth-order valence-electron chi connectivity index (χ4n) is 2.02. The third-order valence-corrected chi connectivity index (χ3v) is 3.75. The molecule has 0 saturated heterocycles. The second kappa shape index (κ2) is 9.75. The van der Waals surface area contributed by atoms with Crippen molar-refractivity contribution in [2.24, 2.45) is 0 Å². The summed E-state index contributed by atoms with van der Waals surface area (Å²) in [5, 5.41) is 3.27. The molecule has 0 fully saturated rings. The lowest BCUT2D eigenvalue weighted by Gasteiger charge is -2.14. The van der Waals surface area contributed by atoms with E-state index < -0.39 is 0 Å². The maximum absolute atomic E-state index is 12.9. The van der Waals surface area contributed by atoms with Crippen molar-refractivity contribution in [3.05, 3.63) is 57.8 Å². The Morgan fingerprint density at radius 1 is 1.13 bits per heavy atom. The minimum absolute atomic E-state index is 0. The van der Waals surface area contributed by atoms with Gasteiger partial charge in [-0.3, -0.25) is 0 Å². The van der Waals surface area contributed by atoms with Crippen LogP contribution in [0, 0.1) is 5.82 Å². The topological polar surface area (TPSA) is 30.5 Å². The van der Waals surface area contributed by atoms with E-state index in [1.54, 1.807) is 19.2 Å². The van der Waals surface area contributed by atoms with E-state index in [4.69, 9.17) is 9.47 Å². The molecule has 23 heavy (non-hydrogen) atoms. The second-order valence-electron chi connectivity index (χ2n) is 4.80. The smallest absolute Gasteiger partial charge is 0.175 e. The van der Waals surface area contributed by atoms with Crippen LogP contribution in [0.3, 0.4) is 0 Å². The summed E-state index contributed by atoms with van der Waals surface area (Å²) in [5.41, 5.74) is 2.01.